The average molecular weight is 201 g/mol. The molecule has 1 fully saturated rings. The zero-order valence-corrected chi connectivity index (χ0v) is 10.3. The zero-order chi connectivity index (χ0) is 9.68. The fraction of sp³-hybridized carbons (Fsp3) is 1.00. The first-order valence-corrected chi connectivity index (χ1v) is 7.38. The predicted octanol–water partition coefficient (Wildman–Crippen LogP) is 2.26. The van der Waals surface area contributed by atoms with Gasteiger partial charge in [0.25, 0.3) is 0 Å². The summed E-state index contributed by atoms with van der Waals surface area (Å²) in [6.07, 6.45) is 4.21. The molecule has 0 aliphatic carbocycles. The molecular weight excluding hydrogens is 178 g/mol. The van der Waals surface area contributed by atoms with Gasteiger partial charge < -0.3 is 4.43 Å². The highest BCUT2D eigenvalue weighted by Gasteiger charge is 2.30. The third-order valence-corrected chi connectivity index (χ3v) is 6.53. The Morgan fingerprint density at radius 1 is 1.31 bits per heavy atom. The molecule has 13 heavy (non-hydrogen) atoms. The maximum Gasteiger partial charge on any atom is 0.184 e. The minimum atomic E-state index is -0.909. The van der Waals surface area contributed by atoms with E-state index >= 15 is 0 Å². The van der Waals surface area contributed by atoms with Crippen LogP contribution < -0.4 is 5.32 Å². The van der Waals surface area contributed by atoms with Crippen molar-refractivity contribution in [1.29, 1.82) is 0 Å². The molecule has 0 aromatic rings. The quantitative estimate of drug-likeness (QED) is 0.428. The number of hydrogen-bond acceptors (Lipinski definition) is 2. The van der Waals surface area contributed by atoms with E-state index in [4.69, 9.17) is 4.43 Å². The number of nitrogens with one attached hydrogen (secondary N) is 1. The van der Waals surface area contributed by atoms with Gasteiger partial charge in [0.05, 0.1) is 6.73 Å². The Bertz CT molecular complexity index is 133. The molecule has 78 valence electrons. The Hall–Kier alpha value is 0.137. The van der Waals surface area contributed by atoms with Crippen molar-refractivity contribution in [3.05, 3.63) is 0 Å². The molecule has 3 heteroatoms. The minimum Gasteiger partial charge on any atom is -0.407 e. The van der Waals surface area contributed by atoms with Gasteiger partial charge in [0.1, 0.15) is 0 Å². The van der Waals surface area contributed by atoms with Gasteiger partial charge in [-0.15, -0.1) is 0 Å². The Morgan fingerprint density at radius 3 is 2.46 bits per heavy atom. The monoisotopic (exact) mass is 201 g/mol. The van der Waals surface area contributed by atoms with Crippen LogP contribution in [-0.2, 0) is 4.43 Å². The van der Waals surface area contributed by atoms with Crippen molar-refractivity contribution in [3.8, 4) is 0 Å². The highest BCUT2D eigenvalue weighted by atomic mass is 28.3. The second kappa shape index (κ2) is 5.78. The largest absolute Gasteiger partial charge is 0.407 e. The topological polar surface area (TPSA) is 21.3 Å². The Kier molecular flexibility index (Phi) is 4.99. The van der Waals surface area contributed by atoms with Crippen molar-refractivity contribution in [2.75, 3.05) is 13.3 Å². The second-order valence-corrected chi connectivity index (χ2v) is 7.80. The summed E-state index contributed by atoms with van der Waals surface area (Å²) in [6, 6.07) is 0. The number of hydrogen-bond donors (Lipinski definition) is 1. The summed E-state index contributed by atoms with van der Waals surface area (Å²) in [5, 5.41) is 3.25. The Morgan fingerprint density at radius 2 is 1.92 bits per heavy atom. The normalized spacial score (nSPS) is 34.8. The maximum absolute atomic E-state index is 5.98. The summed E-state index contributed by atoms with van der Waals surface area (Å²) in [6.45, 7) is 8.67. The van der Waals surface area contributed by atoms with E-state index in [1.54, 1.807) is 0 Å². The van der Waals surface area contributed by atoms with Gasteiger partial charge in [0, 0.05) is 0 Å². The van der Waals surface area contributed by atoms with Gasteiger partial charge in [-0.1, -0.05) is 40.0 Å². The third kappa shape index (κ3) is 3.41. The van der Waals surface area contributed by atoms with Crippen LogP contribution in [0.25, 0.3) is 0 Å². The van der Waals surface area contributed by atoms with E-state index in [2.05, 4.69) is 26.1 Å². The molecule has 1 N–H and O–H groups in total. The van der Waals surface area contributed by atoms with Gasteiger partial charge in [0.15, 0.2) is 9.04 Å². The Labute approximate surface area is 83.8 Å². The lowest BCUT2D eigenvalue weighted by atomic mass is 10.1. The van der Waals surface area contributed by atoms with Crippen molar-refractivity contribution < 1.29 is 4.43 Å². The number of rotatable bonds is 4. The molecule has 1 aliphatic heterocycles. The van der Waals surface area contributed by atoms with Crippen LogP contribution in [0.2, 0.25) is 11.1 Å². The fourth-order valence-electron chi connectivity index (χ4n) is 2.24. The molecule has 0 bridgehead atoms. The van der Waals surface area contributed by atoms with Crippen LogP contribution in [-0.4, -0.2) is 22.3 Å². The van der Waals surface area contributed by atoms with Gasteiger partial charge in [0.2, 0.25) is 0 Å². The van der Waals surface area contributed by atoms with E-state index < -0.39 is 9.04 Å². The van der Waals surface area contributed by atoms with Crippen LogP contribution in [0.1, 0.15) is 40.0 Å². The van der Waals surface area contributed by atoms with E-state index in [1.165, 1.54) is 19.3 Å². The molecule has 0 radical (unpaired) electrons. The summed E-state index contributed by atoms with van der Waals surface area (Å²) < 4.78 is 5.98. The van der Waals surface area contributed by atoms with E-state index in [0.29, 0.717) is 0 Å². The highest BCUT2D eigenvalue weighted by molar-refractivity contribution is 6.55. The smallest absolute Gasteiger partial charge is 0.184 e. The van der Waals surface area contributed by atoms with Crippen molar-refractivity contribution in [3.63, 3.8) is 0 Å². The second-order valence-electron chi connectivity index (χ2n) is 4.26. The first kappa shape index (κ1) is 11.2. The predicted molar refractivity (Wildman–Crippen MR) is 59.5 cm³/mol. The van der Waals surface area contributed by atoms with Crippen molar-refractivity contribution in [1.82, 2.24) is 5.32 Å². The van der Waals surface area contributed by atoms with E-state index in [-0.39, 0.29) is 0 Å². The summed E-state index contributed by atoms with van der Waals surface area (Å²) in [7, 11) is -0.909. The Balaban J connectivity index is 2.26. The molecule has 2 unspecified atom stereocenters. The summed E-state index contributed by atoms with van der Waals surface area (Å²) >= 11 is 0. The van der Waals surface area contributed by atoms with E-state index in [9.17, 15) is 0 Å². The van der Waals surface area contributed by atoms with E-state index in [1.807, 2.05) is 0 Å². The standard InChI is InChI=1S/C10H23NOSi/c1-4-11-8-12-13-9(2)6-5-7-10(13)3/h9-11,13H,4-8H2,1-3H3. The van der Waals surface area contributed by atoms with Crippen molar-refractivity contribution in [2.45, 2.75) is 51.1 Å². The molecule has 0 amide bonds. The van der Waals surface area contributed by atoms with Gasteiger partial charge in [-0.3, -0.25) is 5.32 Å². The van der Waals surface area contributed by atoms with Crippen LogP contribution in [0, 0.1) is 0 Å². The van der Waals surface area contributed by atoms with Gasteiger partial charge in [-0.2, -0.15) is 0 Å². The van der Waals surface area contributed by atoms with Crippen molar-refractivity contribution in [2.24, 2.45) is 0 Å². The molecule has 0 saturated carbocycles. The lowest BCUT2D eigenvalue weighted by molar-refractivity contribution is 0.266. The van der Waals surface area contributed by atoms with Crippen LogP contribution in [0.15, 0.2) is 0 Å². The summed E-state index contributed by atoms with van der Waals surface area (Å²) in [5.41, 5.74) is 1.75. The lowest BCUT2D eigenvalue weighted by Crippen LogP contribution is -2.35. The highest BCUT2D eigenvalue weighted by Crippen LogP contribution is 2.35. The molecule has 1 aliphatic rings. The maximum atomic E-state index is 5.98. The first-order chi connectivity index (χ1) is 6.25. The summed E-state index contributed by atoms with van der Waals surface area (Å²) in [5.74, 6) is 0. The molecule has 0 aromatic heterocycles. The summed E-state index contributed by atoms with van der Waals surface area (Å²) in [4.78, 5) is 0. The van der Waals surface area contributed by atoms with Crippen LogP contribution in [0.5, 0.6) is 0 Å². The molecule has 1 saturated heterocycles. The van der Waals surface area contributed by atoms with Gasteiger partial charge in [-0.25, -0.2) is 0 Å². The molecule has 1 heterocycles. The van der Waals surface area contributed by atoms with E-state index in [0.717, 1.165) is 24.4 Å². The van der Waals surface area contributed by atoms with Crippen LogP contribution in [0.3, 0.4) is 0 Å². The first-order valence-electron chi connectivity index (χ1n) is 5.58. The van der Waals surface area contributed by atoms with Crippen LogP contribution in [0.4, 0.5) is 0 Å². The average Bonchev–Trinajstić information content (AvgIpc) is 2.10. The molecule has 2 atom stereocenters. The van der Waals surface area contributed by atoms with Gasteiger partial charge >= 0.3 is 0 Å². The molecular formula is C10H23NOSi. The van der Waals surface area contributed by atoms with Crippen LogP contribution >= 0.6 is 0 Å². The minimum absolute atomic E-state index is 0.780. The molecule has 0 aromatic carbocycles. The SMILES string of the molecule is CCNCO[SiH]1C(C)CCCC1C. The van der Waals surface area contributed by atoms with Crippen molar-refractivity contribution >= 4 is 9.04 Å². The van der Waals surface area contributed by atoms with Gasteiger partial charge in [-0.05, 0) is 17.6 Å². The lowest BCUT2D eigenvalue weighted by Gasteiger charge is -2.32. The fourth-order valence-corrected chi connectivity index (χ4v) is 5.45. The molecule has 2 nitrogen and oxygen atoms in total. The third-order valence-electron chi connectivity index (χ3n) is 3.07. The molecule has 1 rings (SSSR count). The zero-order valence-electron chi connectivity index (χ0n) is 9.18. The molecule has 0 spiro atoms.